The van der Waals surface area contributed by atoms with Crippen molar-refractivity contribution in [3.8, 4) is 5.69 Å². The van der Waals surface area contributed by atoms with E-state index >= 15 is 0 Å². The molecule has 0 aliphatic heterocycles. The summed E-state index contributed by atoms with van der Waals surface area (Å²) in [4.78, 5) is 12.2. The lowest BCUT2D eigenvalue weighted by atomic mass is 10.1. The van der Waals surface area contributed by atoms with Crippen LogP contribution in [0.3, 0.4) is 0 Å². The smallest absolute Gasteiger partial charge is 0.350 e. The third-order valence-corrected chi connectivity index (χ3v) is 4.07. The fourth-order valence-corrected chi connectivity index (χ4v) is 2.66. The lowest BCUT2D eigenvalue weighted by Crippen LogP contribution is -2.29. The van der Waals surface area contributed by atoms with Crippen molar-refractivity contribution >= 4 is 17.5 Å². The molecule has 0 atom stereocenters. The molecule has 1 aromatic heterocycles. The molecule has 0 saturated carbocycles. The van der Waals surface area contributed by atoms with E-state index in [4.69, 9.17) is 11.6 Å². The summed E-state index contributed by atoms with van der Waals surface area (Å²) in [6.07, 6.45) is -4.53. The Bertz CT molecular complexity index is 986. The van der Waals surface area contributed by atoms with E-state index in [1.54, 1.807) is 24.3 Å². The average Bonchev–Trinajstić information content (AvgIpc) is 3.09. The van der Waals surface area contributed by atoms with E-state index in [1.165, 1.54) is 12.1 Å². The molecule has 0 bridgehead atoms. The summed E-state index contributed by atoms with van der Waals surface area (Å²) in [5.41, 5.74) is -1.60. The summed E-state index contributed by atoms with van der Waals surface area (Å²) in [7, 11) is 0. The molecule has 1 heterocycles. The van der Waals surface area contributed by atoms with Gasteiger partial charge in [0.05, 0.1) is 5.69 Å². The molecule has 5 nitrogen and oxygen atoms in total. The fraction of sp³-hybridized carbons (Fsp3) is 0.167. The predicted molar refractivity (Wildman–Crippen MR) is 93.8 cm³/mol. The number of rotatable bonds is 5. The lowest BCUT2D eigenvalue weighted by molar-refractivity contribution is -0.143. The minimum atomic E-state index is -4.92. The zero-order valence-corrected chi connectivity index (χ0v) is 14.9. The Hall–Kier alpha value is -2.94. The topological polar surface area (TPSA) is 59.8 Å². The summed E-state index contributed by atoms with van der Waals surface area (Å²) in [5.74, 6) is -1.76. The minimum Gasteiger partial charge on any atom is -0.350 e. The van der Waals surface area contributed by atoms with Crippen LogP contribution in [-0.2, 0) is 12.6 Å². The van der Waals surface area contributed by atoms with E-state index in [0.717, 1.165) is 17.7 Å². The van der Waals surface area contributed by atoms with E-state index in [9.17, 15) is 22.4 Å². The van der Waals surface area contributed by atoms with Gasteiger partial charge in [-0.05, 0) is 42.3 Å². The van der Waals surface area contributed by atoms with E-state index in [0.29, 0.717) is 16.1 Å². The van der Waals surface area contributed by atoms with E-state index in [1.807, 2.05) is 0 Å². The van der Waals surface area contributed by atoms with Crippen molar-refractivity contribution in [1.82, 2.24) is 20.3 Å². The Kier molecular flexibility index (Phi) is 5.64. The first-order chi connectivity index (χ1) is 13.3. The van der Waals surface area contributed by atoms with Gasteiger partial charge in [0.15, 0.2) is 11.4 Å². The van der Waals surface area contributed by atoms with Gasteiger partial charge in [0.2, 0.25) is 0 Å². The number of hydrogen-bond acceptors (Lipinski definition) is 3. The molecule has 1 amide bonds. The number of alkyl halides is 3. The van der Waals surface area contributed by atoms with Crippen LogP contribution in [0.2, 0.25) is 5.02 Å². The average molecular weight is 413 g/mol. The van der Waals surface area contributed by atoms with Crippen molar-refractivity contribution in [2.45, 2.75) is 12.6 Å². The molecular weight excluding hydrogens is 400 g/mol. The van der Waals surface area contributed by atoms with E-state index < -0.39 is 29.3 Å². The van der Waals surface area contributed by atoms with Crippen LogP contribution in [0.5, 0.6) is 0 Å². The van der Waals surface area contributed by atoms with Gasteiger partial charge >= 0.3 is 6.18 Å². The van der Waals surface area contributed by atoms with Crippen LogP contribution < -0.4 is 5.32 Å². The summed E-state index contributed by atoms with van der Waals surface area (Å²) in [6, 6.07) is 11.2. The quantitative estimate of drug-likeness (QED) is 0.643. The number of aromatic nitrogens is 3. The van der Waals surface area contributed by atoms with Crippen molar-refractivity contribution in [2.24, 2.45) is 0 Å². The van der Waals surface area contributed by atoms with Gasteiger partial charge in [-0.2, -0.15) is 13.2 Å². The van der Waals surface area contributed by atoms with Crippen molar-refractivity contribution in [3.63, 3.8) is 0 Å². The minimum absolute atomic E-state index is 0.0879. The number of hydrogen-bond donors (Lipinski definition) is 1. The summed E-state index contributed by atoms with van der Waals surface area (Å²) in [6.45, 7) is 0.0879. The third kappa shape index (κ3) is 4.48. The van der Waals surface area contributed by atoms with Gasteiger partial charge in [-0.15, -0.1) is 5.10 Å². The first kappa shape index (κ1) is 19.8. The first-order valence-corrected chi connectivity index (χ1v) is 8.45. The molecule has 3 rings (SSSR count). The molecule has 0 fully saturated rings. The van der Waals surface area contributed by atoms with Crippen molar-refractivity contribution in [3.05, 3.63) is 76.3 Å². The Balaban J connectivity index is 1.81. The van der Waals surface area contributed by atoms with Gasteiger partial charge in [0.25, 0.3) is 5.91 Å². The van der Waals surface area contributed by atoms with Crippen LogP contribution >= 0.6 is 11.6 Å². The molecule has 0 radical (unpaired) electrons. The monoisotopic (exact) mass is 412 g/mol. The number of benzene rings is 2. The molecule has 0 aliphatic rings. The number of carbonyl (C=O) groups is 1. The van der Waals surface area contributed by atoms with Gasteiger partial charge in [0, 0.05) is 11.6 Å². The largest absolute Gasteiger partial charge is 0.435 e. The van der Waals surface area contributed by atoms with Gasteiger partial charge < -0.3 is 5.32 Å². The molecule has 1 N–H and O–H groups in total. The highest BCUT2D eigenvalue weighted by atomic mass is 35.5. The van der Waals surface area contributed by atoms with E-state index in [2.05, 4.69) is 15.6 Å². The highest BCUT2D eigenvalue weighted by Crippen LogP contribution is 2.32. The molecule has 0 aliphatic carbocycles. The normalized spacial score (nSPS) is 11.5. The van der Waals surface area contributed by atoms with Gasteiger partial charge in [-0.3, -0.25) is 4.79 Å². The zero-order valence-electron chi connectivity index (χ0n) is 14.2. The van der Waals surface area contributed by atoms with Crippen LogP contribution in [0.25, 0.3) is 5.69 Å². The Morgan fingerprint density at radius 2 is 1.86 bits per heavy atom. The van der Waals surface area contributed by atoms with Crippen LogP contribution in [0.4, 0.5) is 17.6 Å². The molecular formula is C18H13ClF4N4O. The Labute approximate surface area is 161 Å². The number of nitrogens with zero attached hydrogens (tertiary/aromatic N) is 3. The predicted octanol–water partition coefficient (Wildman–Crippen LogP) is 4.05. The van der Waals surface area contributed by atoms with Crippen molar-refractivity contribution in [2.75, 3.05) is 6.54 Å². The maximum absolute atomic E-state index is 13.5. The van der Waals surface area contributed by atoms with Gasteiger partial charge in [0.1, 0.15) is 5.82 Å². The Morgan fingerprint density at radius 3 is 2.50 bits per heavy atom. The van der Waals surface area contributed by atoms with Gasteiger partial charge in [-0.25, -0.2) is 9.07 Å². The van der Waals surface area contributed by atoms with Gasteiger partial charge in [-0.1, -0.05) is 35.0 Å². The molecule has 3 aromatic rings. The maximum atomic E-state index is 13.5. The highest BCUT2D eigenvalue weighted by Gasteiger charge is 2.42. The molecule has 0 unspecified atom stereocenters. The summed E-state index contributed by atoms with van der Waals surface area (Å²) in [5, 5.41) is 9.70. The number of carbonyl (C=O) groups excluding carboxylic acids is 1. The summed E-state index contributed by atoms with van der Waals surface area (Å²) >= 11 is 5.78. The zero-order chi connectivity index (χ0) is 20.3. The number of nitrogens with one attached hydrogen (secondary N) is 1. The second kappa shape index (κ2) is 7.97. The van der Waals surface area contributed by atoms with Crippen molar-refractivity contribution < 1.29 is 22.4 Å². The van der Waals surface area contributed by atoms with E-state index in [-0.39, 0.29) is 12.2 Å². The molecule has 10 heteroatoms. The number of amides is 1. The summed E-state index contributed by atoms with van der Waals surface area (Å²) < 4.78 is 54.3. The highest BCUT2D eigenvalue weighted by molar-refractivity contribution is 6.30. The molecule has 0 spiro atoms. The second-order valence-electron chi connectivity index (χ2n) is 5.81. The van der Waals surface area contributed by atoms with Crippen molar-refractivity contribution in [1.29, 1.82) is 0 Å². The lowest BCUT2D eigenvalue weighted by Gasteiger charge is -2.11. The number of halogens is 5. The Morgan fingerprint density at radius 1 is 1.14 bits per heavy atom. The maximum Gasteiger partial charge on any atom is 0.435 e. The first-order valence-electron chi connectivity index (χ1n) is 8.07. The molecule has 0 saturated heterocycles. The fourth-order valence-electron chi connectivity index (χ4n) is 2.53. The van der Waals surface area contributed by atoms with Crippen LogP contribution in [0, 0.1) is 5.82 Å². The third-order valence-electron chi connectivity index (χ3n) is 3.82. The standard InChI is InChI=1S/C18H13ClF4N4O/c19-12-6-4-11(5-7-12)8-9-24-17(28)15-16(18(21,22)23)27(26-25-15)14-3-1-2-13(20)10-14/h1-7,10H,8-9H2,(H,24,28). The van der Waals surface area contributed by atoms with Crippen LogP contribution in [0.1, 0.15) is 21.7 Å². The van der Waals surface area contributed by atoms with Crippen LogP contribution in [0.15, 0.2) is 48.5 Å². The molecule has 28 heavy (non-hydrogen) atoms. The van der Waals surface area contributed by atoms with Crippen LogP contribution in [-0.4, -0.2) is 27.4 Å². The second-order valence-corrected chi connectivity index (χ2v) is 6.24. The molecule has 2 aromatic carbocycles. The SMILES string of the molecule is O=C(NCCc1ccc(Cl)cc1)c1nnn(-c2cccc(F)c2)c1C(F)(F)F. The molecule has 146 valence electrons.